The van der Waals surface area contributed by atoms with E-state index in [9.17, 15) is 0 Å². The van der Waals surface area contributed by atoms with Gasteiger partial charge in [-0.2, -0.15) is 0 Å². The highest BCUT2D eigenvalue weighted by atomic mass is 16.6. The molecule has 1 heterocycles. The number of hydrogen-bond acceptors (Lipinski definition) is 1. The van der Waals surface area contributed by atoms with Crippen molar-refractivity contribution in [1.82, 2.24) is 0 Å². The van der Waals surface area contributed by atoms with Crippen LogP contribution in [0.2, 0.25) is 0 Å². The second-order valence-electron chi connectivity index (χ2n) is 4.53. The van der Waals surface area contributed by atoms with Crippen molar-refractivity contribution in [2.24, 2.45) is 0 Å². The molecule has 0 radical (unpaired) electrons. The lowest BCUT2D eigenvalue weighted by atomic mass is 9.96. The molecule has 1 nitrogen and oxygen atoms in total. The zero-order valence-corrected chi connectivity index (χ0v) is 9.37. The molecule has 1 fully saturated rings. The highest BCUT2D eigenvalue weighted by molar-refractivity contribution is 5.36. The van der Waals surface area contributed by atoms with E-state index < -0.39 is 0 Å². The third-order valence-electron chi connectivity index (χ3n) is 2.99. The number of ether oxygens (including phenoxy) is 1. The van der Waals surface area contributed by atoms with E-state index in [1.165, 1.54) is 16.7 Å². The lowest BCUT2D eigenvalue weighted by molar-refractivity contribution is 0.382. The Labute approximate surface area is 86.1 Å². The summed E-state index contributed by atoms with van der Waals surface area (Å²) in [5.41, 5.74) is 4.14. The molecule has 0 aromatic heterocycles. The third-order valence-corrected chi connectivity index (χ3v) is 2.99. The van der Waals surface area contributed by atoms with Crippen LogP contribution in [0.4, 0.5) is 0 Å². The Balaban J connectivity index is 2.33. The van der Waals surface area contributed by atoms with E-state index in [4.69, 9.17) is 4.74 Å². The van der Waals surface area contributed by atoms with Gasteiger partial charge in [-0.3, -0.25) is 0 Å². The minimum atomic E-state index is 0.355. The van der Waals surface area contributed by atoms with Gasteiger partial charge in [-0.15, -0.1) is 0 Å². The first-order chi connectivity index (χ1) is 6.59. The normalized spacial score (nSPS) is 25.5. The fraction of sp³-hybridized carbons (Fsp3) is 0.538. The molecule has 1 aromatic rings. The minimum Gasteiger partial charge on any atom is -0.365 e. The Bertz CT molecular complexity index is 341. The van der Waals surface area contributed by atoms with Gasteiger partial charge in [0.05, 0.1) is 6.10 Å². The Morgan fingerprint density at radius 1 is 1.29 bits per heavy atom. The van der Waals surface area contributed by atoms with E-state index in [0.717, 1.165) is 0 Å². The first-order valence-corrected chi connectivity index (χ1v) is 5.35. The molecule has 1 aliphatic rings. The van der Waals surface area contributed by atoms with Crippen LogP contribution in [0.3, 0.4) is 0 Å². The summed E-state index contributed by atoms with van der Waals surface area (Å²) < 4.78 is 5.52. The van der Waals surface area contributed by atoms with Crippen molar-refractivity contribution in [2.75, 3.05) is 0 Å². The molecule has 1 heteroatoms. The number of rotatable bonds is 2. The van der Waals surface area contributed by atoms with Gasteiger partial charge in [0.25, 0.3) is 0 Å². The first kappa shape index (κ1) is 9.72. The number of benzene rings is 1. The highest BCUT2D eigenvalue weighted by Gasteiger charge is 2.36. The van der Waals surface area contributed by atoms with Gasteiger partial charge in [-0.25, -0.2) is 0 Å². The van der Waals surface area contributed by atoms with Crippen molar-refractivity contribution < 1.29 is 4.74 Å². The average Bonchev–Trinajstić information content (AvgIpc) is 2.83. The van der Waals surface area contributed by atoms with E-state index in [1.54, 1.807) is 0 Å². The molecular formula is C13H18O. The largest absolute Gasteiger partial charge is 0.365 e. The smallest absolute Gasteiger partial charge is 0.109 e. The molecule has 2 unspecified atom stereocenters. The lowest BCUT2D eigenvalue weighted by Gasteiger charge is -2.09. The van der Waals surface area contributed by atoms with Crippen LogP contribution in [-0.4, -0.2) is 6.10 Å². The summed E-state index contributed by atoms with van der Waals surface area (Å²) in [7, 11) is 0. The molecule has 0 spiro atoms. The predicted octanol–water partition coefficient (Wildman–Crippen LogP) is 3.58. The zero-order chi connectivity index (χ0) is 10.3. The molecule has 1 aromatic carbocycles. The summed E-state index contributed by atoms with van der Waals surface area (Å²) in [6.07, 6.45) is 0.768. The second-order valence-corrected chi connectivity index (χ2v) is 4.53. The van der Waals surface area contributed by atoms with Crippen molar-refractivity contribution in [2.45, 2.75) is 45.8 Å². The Hall–Kier alpha value is -0.820. The van der Waals surface area contributed by atoms with Crippen molar-refractivity contribution in [3.63, 3.8) is 0 Å². The van der Waals surface area contributed by atoms with Crippen molar-refractivity contribution in [3.8, 4) is 0 Å². The van der Waals surface area contributed by atoms with Crippen LogP contribution in [0.1, 0.15) is 49.5 Å². The zero-order valence-electron chi connectivity index (χ0n) is 9.37. The lowest BCUT2D eigenvalue weighted by Crippen LogP contribution is -1.94. The van der Waals surface area contributed by atoms with Crippen LogP contribution in [0, 0.1) is 6.92 Å². The number of aryl methyl sites for hydroxylation is 1. The molecule has 76 valence electrons. The van der Waals surface area contributed by atoms with Crippen LogP contribution in [-0.2, 0) is 4.74 Å². The van der Waals surface area contributed by atoms with Gasteiger partial charge < -0.3 is 4.74 Å². The van der Waals surface area contributed by atoms with Crippen LogP contribution >= 0.6 is 0 Å². The van der Waals surface area contributed by atoms with Crippen LogP contribution in [0.25, 0.3) is 0 Å². The molecule has 1 aliphatic heterocycles. The SMILES string of the molecule is Cc1ccc(C(C)C)cc1C1OC1C. The van der Waals surface area contributed by atoms with Gasteiger partial charge in [0.1, 0.15) is 6.10 Å². The molecule has 0 aliphatic carbocycles. The Morgan fingerprint density at radius 3 is 2.43 bits per heavy atom. The van der Waals surface area contributed by atoms with E-state index in [1.807, 2.05) is 0 Å². The number of epoxide rings is 1. The van der Waals surface area contributed by atoms with Crippen molar-refractivity contribution >= 4 is 0 Å². The molecule has 14 heavy (non-hydrogen) atoms. The fourth-order valence-corrected chi connectivity index (χ4v) is 1.84. The van der Waals surface area contributed by atoms with Gasteiger partial charge in [0.15, 0.2) is 0 Å². The van der Waals surface area contributed by atoms with Crippen LogP contribution in [0.5, 0.6) is 0 Å². The van der Waals surface area contributed by atoms with E-state index in [2.05, 4.69) is 45.9 Å². The monoisotopic (exact) mass is 190 g/mol. The molecule has 0 amide bonds. The van der Waals surface area contributed by atoms with E-state index in [-0.39, 0.29) is 0 Å². The predicted molar refractivity (Wildman–Crippen MR) is 58.6 cm³/mol. The van der Waals surface area contributed by atoms with Gasteiger partial charge in [-0.1, -0.05) is 32.0 Å². The molecule has 0 bridgehead atoms. The summed E-state index contributed by atoms with van der Waals surface area (Å²) in [5.74, 6) is 0.600. The molecule has 2 rings (SSSR count). The Morgan fingerprint density at radius 2 is 1.93 bits per heavy atom. The molecule has 0 N–H and O–H groups in total. The summed E-state index contributed by atoms with van der Waals surface area (Å²) in [6.45, 7) is 8.75. The molecule has 1 saturated heterocycles. The summed E-state index contributed by atoms with van der Waals surface area (Å²) in [4.78, 5) is 0. The standard InChI is InChI=1S/C13H18O/c1-8(2)11-6-5-9(3)12(7-11)13-10(4)14-13/h5-8,10,13H,1-4H3. The first-order valence-electron chi connectivity index (χ1n) is 5.35. The second kappa shape index (κ2) is 3.39. The van der Waals surface area contributed by atoms with Crippen LogP contribution < -0.4 is 0 Å². The quantitative estimate of drug-likeness (QED) is 0.649. The van der Waals surface area contributed by atoms with E-state index >= 15 is 0 Å². The van der Waals surface area contributed by atoms with Crippen molar-refractivity contribution in [1.29, 1.82) is 0 Å². The van der Waals surface area contributed by atoms with Gasteiger partial charge in [0, 0.05) is 0 Å². The topological polar surface area (TPSA) is 12.5 Å². The van der Waals surface area contributed by atoms with Gasteiger partial charge in [0.2, 0.25) is 0 Å². The fourth-order valence-electron chi connectivity index (χ4n) is 1.84. The average molecular weight is 190 g/mol. The van der Waals surface area contributed by atoms with E-state index in [0.29, 0.717) is 18.1 Å². The van der Waals surface area contributed by atoms with Gasteiger partial charge in [-0.05, 0) is 36.5 Å². The van der Waals surface area contributed by atoms with Crippen LogP contribution in [0.15, 0.2) is 18.2 Å². The number of hydrogen-bond donors (Lipinski definition) is 0. The Kier molecular flexibility index (Phi) is 2.36. The minimum absolute atomic E-state index is 0.355. The maximum absolute atomic E-state index is 5.52. The molecule has 2 atom stereocenters. The maximum Gasteiger partial charge on any atom is 0.109 e. The summed E-state index contributed by atoms with van der Waals surface area (Å²) in [5, 5.41) is 0. The van der Waals surface area contributed by atoms with Gasteiger partial charge >= 0.3 is 0 Å². The summed E-state index contributed by atoms with van der Waals surface area (Å²) in [6, 6.07) is 6.73. The maximum atomic E-state index is 5.52. The summed E-state index contributed by atoms with van der Waals surface area (Å²) >= 11 is 0. The van der Waals surface area contributed by atoms with Crippen molar-refractivity contribution in [3.05, 3.63) is 34.9 Å². The molecular weight excluding hydrogens is 172 g/mol. The highest BCUT2D eigenvalue weighted by Crippen LogP contribution is 2.40. The molecule has 0 saturated carbocycles. The third kappa shape index (κ3) is 1.69.